The zero-order valence-electron chi connectivity index (χ0n) is 16.9. The third kappa shape index (κ3) is 6.54. The second kappa shape index (κ2) is 10.5. The maximum Gasteiger partial charge on any atom is 0.328 e. The summed E-state index contributed by atoms with van der Waals surface area (Å²) in [6, 6.07) is 14.9. The van der Waals surface area contributed by atoms with Crippen LogP contribution in [0.2, 0.25) is 0 Å². The first-order valence-electron chi connectivity index (χ1n) is 9.56. The molecule has 6 nitrogen and oxygen atoms in total. The lowest BCUT2D eigenvalue weighted by Gasteiger charge is -2.19. The van der Waals surface area contributed by atoms with Crippen molar-refractivity contribution >= 4 is 17.7 Å². The smallest absolute Gasteiger partial charge is 0.328 e. The fourth-order valence-electron chi connectivity index (χ4n) is 2.94. The van der Waals surface area contributed by atoms with Crippen LogP contribution in [0, 0.1) is 5.92 Å². The number of carbonyl (C=O) groups is 3. The van der Waals surface area contributed by atoms with Crippen molar-refractivity contribution in [3.8, 4) is 0 Å². The standard InChI is InChI=1S/C23H27NO5/c1-15(2)13-20(25)22(27)24-19(23(28)29-3)14-16-9-11-18(12-10-16)21(26)17-7-5-4-6-8-17/h4-12,15,19-20,25H,13-14H2,1-3H3,(H,24,27)/t19-,20-/m0/s1. The van der Waals surface area contributed by atoms with E-state index in [2.05, 4.69) is 5.32 Å². The van der Waals surface area contributed by atoms with E-state index in [-0.39, 0.29) is 18.1 Å². The summed E-state index contributed by atoms with van der Waals surface area (Å²) < 4.78 is 4.78. The quantitative estimate of drug-likeness (QED) is 0.501. The summed E-state index contributed by atoms with van der Waals surface area (Å²) in [6.45, 7) is 3.79. The molecule has 154 valence electrons. The lowest BCUT2D eigenvalue weighted by atomic mass is 9.99. The Bertz CT molecular complexity index is 830. The minimum absolute atomic E-state index is 0.0909. The van der Waals surface area contributed by atoms with Crippen molar-refractivity contribution in [1.29, 1.82) is 0 Å². The molecule has 0 aliphatic heterocycles. The maximum atomic E-state index is 12.5. The van der Waals surface area contributed by atoms with E-state index in [0.29, 0.717) is 17.5 Å². The summed E-state index contributed by atoms with van der Waals surface area (Å²) in [5.41, 5.74) is 1.88. The van der Waals surface area contributed by atoms with Gasteiger partial charge in [-0.2, -0.15) is 0 Å². The summed E-state index contributed by atoms with van der Waals surface area (Å²) in [5.74, 6) is -1.15. The first-order chi connectivity index (χ1) is 13.8. The predicted octanol–water partition coefficient (Wildman–Crippen LogP) is 2.52. The van der Waals surface area contributed by atoms with E-state index in [1.165, 1.54) is 7.11 Å². The molecule has 0 aliphatic carbocycles. The summed E-state index contributed by atoms with van der Waals surface area (Å²) in [6.07, 6.45) is -0.698. The van der Waals surface area contributed by atoms with E-state index < -0.39 is 24.0 Å². The van der Waals surface area contributed by atoms with Crippen LogP contribution >= 0.6 is 0 Å². The normalized spacial score (nSPS) is 12.9. The van der Waals surface area contributed by atoms with Crippen LogP contribution in [0.4, 0.5) is 0 Å². The van der Waals surface area contributed by atoms with Crippen molar-refractivity contribution in [2.24, 2.45) is 5.92 Å². The van der Waals surface area contributed by atoms with Gasteiger partial charge in [-0.1, -0.05) is 68.4 Å². The number of ether oxygens (including phenoxy) is 1. The van der Waals surface area contributed by atoms with E-state index in [0.717, 1.165) is 5.56 Å². The Labute approximate surface area is 170 Å². The fourth-order valence-corrected chi connectivity index (χ4v) is 2.94. The molecular weight excluding hydrogens is 370 g/mol. The highest BCUT2D eigenvalue weighted by Gasteiger charge is 2.26. The van der Waals surface area contributed by atoms with Gasteiger partial charge in [-0.05, 0) is 17.9 Å². The summed E-state index contributed by atoms with van der Waals surface area (Å²) in [4.78, 5) is 36.8. The van der Waals surface area contributed by atoms with E-state index in [1.54, 1.807) is 48.5 Å². The van der Waals surface area contributed by atoms with Crippen molar-refractivity contribution in [1.82, 2.24) is 5.32 Å². The third-order valence-electron chi connectivity index (χ3n) is 4.49. The van der Waals surface area contributed by atoms with E-state index in [4.69, 9.17) is 4.74 Å². The van der Waals surface area contributed by atoms with Gasteiger partial charge < -0.3 is 15.2 Å². The zero-order chi connectivity index (χ0) is 21.4. The Morgan fingerprint density at radius 3 is 2.10 bits per heavy atom. The Morgan fingerprint density at radius 1 is 0.966 bits per heavy atom. The molecular formula is C23H27NO5. The van der Waals surface area contributed by atoms with Gasteiger partial charge in [0.25, 0.3) is 0 Å². The van der Waals surface area contributed by atoms with Crippen molar-refractivity contribution in [3.05, 3.63) is 71.3 Å². The number of ketones is 1. The van der Waals surface area contributed by atoms with Gasteiger partial charge in [-0.15, -0.1) is 0 Å². The number of hydrogen-bond donors (Lipinski definition) is 2. The first-order valence-corrected chi connectivity index (χ1v) is 9.56. The number of aliphatic hydroxyl groups excluding tert-OH is 1. The van der Waals surface area contributed by atoms with Gasteiger partial charge >= 0.3 is 5.97 Å². The number of hydrogen-bond acceptors (Lipinski definition) is 5. The van der Waals surface area contributed by atoms with Gasteiger partial charge in [0.15, 0.2) is 5.78 Å². The molecule has 2 aromatic rings. The molecule has 0 aromatic heterocycles. The average Bonchev–Trinajstić information content (AvgIpc) is 2.72. The number of rotatable bonds is 9. The molecule has 0 bridgehead atoms. The number of aliphatic hydroxyl groups is 1. The van der Waals surface area contributed by atoms with Crippen LogP contribution in [0.3, 0.4) is 0 Å². The monoisotopic (exact) mass is 397 g/mol. The van der Waals surface area contributed by atoms with Crippen LogP contribution in [0.1, 0.15) is 41.8 Å². The molecule has 0 fully saturated rings. The minimum Gasteiger partial charge on any atom is -0.467 e. The molecule has 2 aromatic carbocycles. The highest BCUT2D eigenvalue weighted by Crippen LogP contribution is 2.13. The summed E-state index contributed by atoms with van der Waals surface area (Å²) in [5, 5.41) is 12.5. The van der Waals surface area contributed by atoms with E-state index in [9.17, 15) is 19.5 Å². The van der Waals surface area contributed by atoms with Gasteiger partial charge in [-0.3, -0.25) is 9.59 Å². The highest BCUT2D eigenvalue weighted by atomic mass is 16.5. The van der Waals surface area contributed by atoms with Crippen LogP contribution in [0.15, 0.2) is 54.6 Å². The topological polar surface area (TPSA) is 92.7 Å². The van der Waals surface area contributed by atoms with Crippen molar-refractivity contribution in [3.63, 3.8) is 0 Å². The lowest BCUT2D eigenvalue weighted by Crippen LogP contribution is -2.47. The Kier molecular flexibility index (Phi) is 8.09. The maximum absolute atomic E-state index is 12.5. The molecule has 0 heterocycles. The Balaban J connectivity index is 2.08. The highest BCUT2D eigenvalue weighted by molar-refractivity contribution is 6.08. The van der Waals surface area contributed by atoms with Crippen LogP contribution in [-0.4, -0.2) is 42.0 Å². The number of carbonyl (C=O) groups excluding carboxylic acids is 3. The third-order valence-corrected chi connectivity index (χ3v) is 4.49. The zero-order valence-corrected chi connectivity index (χ0v) is 16.9. The predicted molar refractivity (Wildman–Crippen MR) is 109 cm³/mol. The second-order valence-corrected chi connectivity index (χ2v) is 7.33. The van der Waals surface area contributed by atoms with Gasteiger partial charge in [0.2, 0.25) is 5.91 Å². The largest absolute Gasteiger partial charge is 0.467 e. The van der Waals surface area contributed by atoms with Gasteiger partial charge in [0, 0.05) is 17.5 Å². The fraction of sp³-hybridized carbons (Fsp3) is 0.348. The Hall–Kier alpha value is -2.99. The molecule has 29 heavy (non-hydrogen) atoms. The number of nitrogens with one attached hydrogen (secondary N) is 1. The van der Waals surface area contributed by atoms with Gasteiger partial charge in [0.1, 0.15) is 12.1 Å². The Morgan fingerprint density at radius 2 is 1.55 bits per heavy atom. The molecule has 2 rings (SSSR count). The number of amides is 1. The molecule has 0 radical (unpaired) electrons. The van der Waals surface area contributed by atoms with Crippen molar-refractivity contribution < 1.29 is 24.2 Å². The van der Waals surface area contributed by atoms with Crippen LogP contribution < -0.4 is 5.32 Å². The molecule has 0 unspecified atom stereocenters. The van der Waals surface area contributed by atoms with Gasteiger partial charge in [-0.25, -0.2) is 4.79 Å². The summed E-state index contributed by atoms with van der Waals surface area (Å²) >= 11 is 0. The second-order valence-electron chi connectivity index (χ2n) is 7.33. The molecule has 0 saturated carbocycles. The van der Waals surface area contributed by atoms with E-state index in [1.807, 2.05) is 19.9 Å². The van der Waals surface area contributed by atoms with Crippen LogP contribution in [0.25, 0.3) is 0 Å². The molecule has 2 atom stereocenters. The lowest BCUT2D eigenvalue weighted by molar-refractivity contribution is -0.146. The number of methoxy groups -OCH3 is 1. The van der Waals surface area contributed by atoms with Crippen LogP contribution in [0.5, 0.6) is 0 Å². The molecule has 0 spiro atoms. The molecule has 1 amide bonds. The molecule has 0 saturated heterocycles. The first kappa shape index (κ1) is 22.3. The molecule has 6 heteroatoms. The summed E-state index contributed by atoms with van der Waals surface area (Å²) in [7, 11) is 1.24. The SMILES string of the molecule is COC(=O)[C@H](Cc1ccc(C(=O)c2ccccc2)cc1)NC(=O)[C@@H](O)CC(C)C. The number of esters is 1. The van der Waals surface area contributed by atoms with Crippen molar-refractivity contribution in [2.45, 2.75) is 38.8 Å². The molecule has 2 N–H and O–H groups in total. The van der Waals surface area contributed by atoms with Crippen LogP contribution in [-0.2, 0) is 20.7 Å². The van der Waals surface area contributed by atoms with E-state index >= 15 is 0 Å². The average molecular weight is 397 g/mol. The van der Waals surface area contributed by atoms with Crippen molar-refractivity contribution in [2.75, 3.05) is 7.11 Å². The minimum atomic E-state index is -1.19. The number of benzene rings is 2. The van der Waals surface area contributed by atoms with Gasteiger partial charge in [0.05, 0.1) is 7.11 Å². The molecule has 0 aliphatic rings.